The molecule has 0 aliphatic carbocycles. The van der Waals surface area contributed by atoms with Crippen LogP contribution in [0.1, 0.15) is 22.8 Å². The van der Waals surface area contributed by atoms with Crippen LogP contribution >= 0.6 is 0 Å². The lowest BCUT2D eigenvalue weighted by molar-refractivity contribution is -0.146. The largest absolute Gasteiger partial charge is 0.479 e. The number of benzene rings is 2. The predicted molar refractivity (Wildman–Crippen MR) is 74.4 cm³/mol. The minimum Gasteiger partial charge on any atom is -0.479 e. The molecule has 19 heavy (non-hydrogen) atoms. The van der Waals surface area contributed by atoms with Crippen molar-refractivity contribution in [1.29, 1.82) is 0 Å². The van der Waals surface area contributed by atoms with Gasteiger partial charge in [-0.15, -0.1) is 0 Å². The van der Waals surface area contributed by atoms with E-state index in [1.54, 1.807) is 24.3 Å². The molecule has 0 radical (unpaired) electrons. The summed E-state index contributed by atoms with van der Waals surface area (Å²) in [5.74, 6) is -1.25. The summed E-state index contributed by atoms with van der Waals surface area (Å²) in [6.07, 6.45) is 2.18. The Hall–Kier alpha value is -2.39. The standard InChI is InChI=1S/C16H14O3/c17-15(16(18)19)14-9-5-4-8-13(14)11-10-12-6-2-1-3-7-12/h1-11,15,17H,(H,18,19). The summed E-state index contributed by atoms with van der Waals surface area (Å²) >= 11 is 0. The fourth-order valence-corrected chi connectivity index (χ4v) is 1.79. The van der Waals surface area contributed by atoms with E-state index < -0.39 is 12.1 Å². The Labute approximate surface area is 111 Å². The third-order valence-electron chi connectivity index (χ3n) is 2.78. The van der Waals surface area contributed by atoms with E-state index in [2.05, 4.69) is 0 Å². The Morgan fingerprint density at radius 2 is 1.58 bits per heavy atom. The topological polar surface area (TPSA) is 57.5 Å². The van der Waals surface area contributed by atoms with Gasteiger partial charge in [-0.3, -0.25) is 0 Å². The molecule has 0 bridgehead atoms. The Kier molecular flexibility index (Phi) is 4.11. The Morgan fingerprint density at radius 1 is 0.947 bits per heavy atom. The third-order valence-corrected chi connectivity index (χ3v) is 2.78. The quantitative estimate of drug-likeness (QED) is 0.825. The third kappa shape index (κ3) is 3.30. The first-order chi connectivity index (χ1) is 9.18. The van der Waals surface area contributed by atoms with Crippen LogP contribution in [0.2, 0.25) is 0 Å². The van der Waals surface area contributed by atoms with Crippen LogP contribution in [0, 0.1) is 0 Å². The molecule has 0 aliphatic rings. The zero-order valence-electron chi connectivity index (χ0n) is 10.2. The van der Waals surface area contributed by atoms with Crippen molar-refractivity contribution in [3.05, 3.63) is 71.3 Å². The normalized spacial score (nSPS) is 12.5. The molecule has 0 aliphatic heterocycles. The molecule has 0 saturated carbocycles. The number of aliphatic carboxylic acids is 1. The van der Waals surface area contributed by atoms with Crippen LogP contribution in [-0.4, -0.2) is 16.2 Å². The first-order valence-corrected chi connectivity index (χ1v) is 5.91. The van der Waals surface area contributed by atoms with Gasteiger partial charge in [-0.2, -0.15) is 0 Å². The highest BCUT2D eigenvalue weighted by Crippen LogP contribution is 2.20. The zero-order valence-corrected chi connectivity index (χ0v) is 10.2. The maximum atomic E-state index is 10.9. The van der Waals surface area contributed by atoms with Gasteiger partial charge in [0.05, 0.1) is 0 Å². The predicted octanol–water partition coefficient (Wildman–Crippen LogP) is 2.98. The van der Waals surface area contributed by atoms with Gasteiger partial charge in [0.1, 0.15) is 0 Å². The molecular weight excluding hydrogens is 240 g/mol. The molecule has 0 aromatic heterocycles. The minimum atomic E-state index is -1.50. The molecule has 2 N–H and O–H groups in total. The van der Waals surface area contributed by atoms with E-state index in [0.717, 1.165) is 5.56 Å². The van der Waals surface area contributed by atoms with Crippen molar-refractivity contribution in [2.75, 3.05) is 0 Å². The maximum absolute atomic E-state index is 10.9. The van der Waals surface area contributed by atoms with Gasteiger partial charge in [-0.05, 0) is 16.7 Å². The average Bonchev–Trinajstić information content (AvgIpc) is 2.45. The van der Waals surface area contributed by atoms with E-state index in [-0.39, 0.29) is 0 Å². The Balaban J connectivity index is 2.31. The molecule has 2 rings (SSSR count). The van der Waals surface area contributed by atoms with Crippen LogP contribution in [0.15, 0.2) is 54.6 Å². The van der Waals surface area contributed by atoms with Gasteiger partial charge in [0.2, 0.25) is 0 Å². The van der Waals surface area contributed by atoms with Crippen LogP contribution < -0.4 is 0 Å². The molecule has 0 saturated heterocycles. The van der Waals surface area contributed by atoms with Crippen LogP contribution in [-0.2, 0) is 4.79 Å². The van der Waals surface area contributed by atoms with E-state index >= 15 is 0 Å². The van der Waals surface area contributed by atoms with Crippen LogP contribution in [0.5, 0.6) is 0 Å². The van der Waals surface area contributed by atoms with E-state index in [4.69, 9.17) is 5.11 Å². The van der Waals surface area contributed by atoms with Gasteiger partial charge in [0.15, 0.2) is 6.10 Å². The number of aliphatic hydroxyl groups excluding tert-OH is 1. The first kappa shape index (κ1) is 13.1. The van der Waals surface area contributed by atoms with Crippen molar-refractivity contribution in [2.45, 2.75) is 6.10 Å². The summed E-state index contributed by atoms with van der Waals surface area (Å²) in [5.41, 5.74) is 2.10. The van der Waals surface area contributed by atoms with Crippen molar-refractivity contribution >= 4 is 18.1 Å². The Bertz CT molecular complexity index is 588. The number of hydrogen-bond acceptors (Lipinski definition) is 2. The minimum absolute atomic E-state index is 0.391. The second-order valence-corrected chi connectivity index (χ2v) is 4.11. The van der Waals surface area contributed by atoms with Gasteiger partial charge >= 0.3 is 5.97 Å². The van der Waals surface area contributed by atoms with Crippen molar-refractivity contribution in [1.82, 2.24) is 0 Å². The number of carboxylic acids is 1. The number of aliphatic hydroxyl groups is 1. The summed E-state index contributed by atoms with van der Waals surface area (Å²) in [5, 5.41) is 18.5. The van der Waals surface area contributed by atoms with Crippen molar-refractivity contribution in [3.63, 3.8) is 0 Å². The second-order valence-electron chi connectivity index (χ2n) is 4.11. The maximum Gasteiger partial charge on any atom is 0.337 e. The number of carboxylic acid groups (broad SMARTS) is 1. The fourth-order valence-electron chi connectivity index (χ4n) is 1.79. The van der Waals surface area contributed by atoms with Crippen LogP contribution in [0.4, 0.5) is 0 Å². The lowest BCUT2D eigenvalue weighted by Crippen LogP contribution is -2.11. The summed E-state index contributed by atoms with van der Waals surface area (Å²) in [6, 6.07) is 16.6. The fraction of sp³-hybridized carbons (Fsp3) is 0.0625. The van der Waals surface area contributed by atoms with E-state index in [9.17, 15) is 9.90 Å². The molecule has 1 atom stereocenters. The van der Waals surface area contributed by atoms with E-state index in [1.807, 2.05) is 42.5 Å². The highest BCUT2D eigenvalue weighted by atomic mass is 16.4. The number of hydrogen-bond donors (Lipinski definition) is 2. The van der Waals surface area contributed by atoms with Gasteiger partial charge in [0.25, 0.3) is 0 Å². The molecule has 0 heterocycles. The van der Waals surface area contributed by atoms with Crippen molar-refractivity contribution < 1.29 is 15.0 Å². The summed E-state index contributed by atoms with van der Waals surface area (Å²) in [7, 11) is 0. The van der Waals surface area contributed by atoms with Crippen LogP contribution in [0.3, 0.4) is 0 Å². The zero-order chi connectivity index (χ0) is 13.7. The van der Waals surface area contributed by atoms with Gasteiger partial charge in [-0.25, -0.2) is 4.79 Å². The molecule has 3 nitrogen and oxygen atoms in total. The summed E-state index contributed by atoms with van der Waals surface area (Å²) in [4.78, 5) is 10.9. The second kappa shape index (κ2) is 5.98. The molecule has 0 fully saturated rings. The highest BCUT2D eigenvalue weighted by molar-refractivity contribution is 5.78. The van der Waals surface area contributed by atoms with Gasteiger partial charge < -0.3 is 10.2 Å². The molecular formula is C16H14O3. The molecule has 2 aromatic rings. The van der Waals surface area contributed by atoms with E-state index in [1.165, 1.54) is 0 Å². The summed E-state index contributed by atoms with van der Waals surface area (Å²) in [6.45, 7) is 0. The summed E-state index contributed by atoms with van der Waals surface area (Å²) < 4.78 is 0. The molecule has 2 aromatic carbocycles. The lowest BCUT2D eigenvalue weighted by Gasteiger charge is -2.09. The molecule has 0 spiro atoms. The smallest absolute Gasteiger partial charge is 0.337 e. The Morgan fingerprint density at radius 3 is 2.26 bits per heavy atom. The number of carbonyl (C=O) groups is 1. The highest BCUT2D eigenvalue weighted by Gasteiger charge is 2.17. The molecule has 96 valence electrons. The SMILES string of the molecule is O=C(O)C(O)c1ccccc1C=Cc1ccccc1. The molecule has 1 unspecified atom stereocenters. The van der Waals surface area contributed by atoms with Gasteiger partial charge in [0, 0.05) is 0 Å². The van der Waals surface area contributed by atoms with Crippen molar-refractivity contribution in [3.8, 4) is 0 Å². The lowest BCUT2D eigenvalue weighted by atomic mass is 10.0. The number of rotatable bonds is 4. The van der Waals surface area contributed by atoms with Gasteiger partial charge in [-0.1, -0.05) is 66.7 Å². The first-order valence-electron chi connectivity index (χ1n) is 5.91. The average molecular weight is 254 g/mol. The monoisotopic (exact) mass is 254 g/mol. The van der Waals surface area contributed by atoms with Crippen molar-refractivity contribution in [2.24, 2.45) is 0 Å². The molecule has 0 amide bonds. The van der Waals surface area contributed by atoms with E-state index in [0.29, 0.717) is 11.1 Å². The molecule has 3 heteroatoms. The van der Waals surface area contributed by atoms with Crippen LogP contribution in [0.25, 0.3) is 12.2 Å².